The maximum Gasteiger partial charge on any atom is 0.129 e. The lowest BCUT2D eigenvalue weighted by Crippen LogP contribution is -2.26. The van der Waals surface area contributed by atoms with Crippen LogP contribution in [-0.4, -0.2) is 11.5 Å². The van der Waals surface area contributed by atoms with Gasteiger partial charge in [-0.25, -0.2) is 4.39 Å². The van der Waals surface area contributed by atoms with E-state index in [4.69, 9.17) is 11.6 Å². The van der Waals surface area contributed by atoms with Crippen LogP contribution in [0.2, 0.25) is 5.02 Å². The lowest BCUT2D eigenvalue weighted by molar-refractivity contribution is 0.536. The summed E-state index contributed by atoms with van der Waals surface area (Å²) in [4.78, 5) is 4.48. The Balaban J connectivity index is 2.47. The molecule has 0 bridgehead atoms. The maximum atomic E-state index is 14.3. The highest BCUT2D eigenvalue weighted by molar-refractivity contribution is 6.30. The van der Waals surface area contributed by atoms with Crippen LogP contribution >= 0.6 is 11.6 Å². The molecule has 0 aliphatic heterocycles. The molecule has 0 fully saturated rings. The number of rotatable bonds is 6. The number of benzene rings is 1. The Morgan fingerprint density at radius 2 is 2.10 bits per heavy atom. The van der Waals surface area contributed by atoms with Crippen LogP contribution in [-0.2, 0) is 6.42 Å². The summed E-state index contributed by atoms with van der Waals surface area (Å²) in [6, 6.07) is 8.51. The number of nitrogens with zero attached hydrogens (tertiary/aromatic N) is 1. The van der Waals surface area contributed by atoms with Crippen LogP contribution < -0.4 is 5.32 Å². The van der Waals surface area contributed by atoms with E-state index in [1.807, 2.05) is 12.1 Å². The maximum absolute atomic E-state index is 14.3. The smallest absolute Gasteiger partial charge is 0.129 e. The fourth-order valence-electron chi connectivity index (χ4n) is 2.39. The van der Waals surface area contributed by atoms with Crippen LogP contribution in [0.1, 0.15) is 43.1 Å². The molecule has 0 amide bonds. The second kappa shape index (κ2) is 7.53. The molecular formula is C17H20ClFN2. The highest BCUT2D eigenvalue weighted by Crippen LogP contribution is 2.27. The van der Waals surface area contributed by atoms with Crippen molar-refractivity contribution in [1.29, 1.82) is 0 Å². The Kier molecular flexibility index (Phi) is 5.71. The van der Waals surface area contributed by atoms with Gasteiger partial charge in [0.05, 0.1) is 11.7 Å². The third-order valence-corrected chi connectivity index (χ3v) is 3.69. The minimum atomic E-state index is -0.302. The summed E-state index contributed by atoms with van der Waals surface area (Å²) in [6.07, 6.45) is 3.59. The molecule has 21 heavy (non-hydrogen) atoms. The average molecular weight is 307 g/mol. The first-order valence-corrected chi connectivity index (χ1v) is 7.67. The molecule has 1 aromatic heterocycles. The van der Waals surface area contributed by atoms with Gasteiger partial charge in [-0.05, 0) is 43.1 Å². The van der Waals surface area contributed by atoms with Crippen molar-refractivity contribution < 1.29 is 4.39 Å². The van der Waals surface area contributed by atoms with Crippen LogP contribution in [0.5, 0.6) is 0 Å². The summed E-state index contributed by atoms with van der Waals surface area (Å²) in [5.41, 5.74) is 2.59. The molecule has 2 rings (SSSR count). The lowest BCUT2D eigenvalue weighted by Gasteiger charge is -2.21. The first-order chi connectivity index (χ1) is 10.2. The molecule has 1 unspecified atom stereocenters. The standard InChI is InChI=1S/C17H20ClFN2/c1-3-9-20-17(14-8-7-13(18)11-15(14)19)16-12(4-2)6-5-10-21-16/h5-8,10-11,17,20H,3-4,9H2,1-2H3. The van der Waals surface area contributed by atoms with Gasteiger partial charge >= 0.3 is 0 Å². The lowest BCUT2D eigenvalue weighted by atomic mass is 9.97. The van der Waals surface area contributed by atoms with Gasteiger partial charge < -0.3 is 5.32 Å². The molecule has 0 aliphatic carbocycles. The van der Waals surface area contributed by atoms with Crippen molar-refractivity contribution in [1.82, 2.24) is 10.3 Å². The minimum absolute atomic E-state index is 0.252. The molecule has 0 saturated heterocycles. The number of aromatic nitrogens is 1. The fourth-order valence-corrected chi connectivity index (χ4v) is 2.55. The molecule has 0 radical (unpaired) electrons. The van der Waals surface area contributed by atoms with E-state index in [-0.39, 0.29) is 11.9 Å². The Labute approximate surface area is 130 Å². The quantitative estimate of drug-likeness (QED) is 0.848. The van der Waals surface area contributed by atoms with Crippen molar-refractivity contribution in [3.63, 3.8) is 0 Å². The van der Waals surface area contributed by atoms with E-state index in [1.54, 1.807) is 18.3 Å². The SMILES string of the molecule is CCCNC(c1ccc(Cl)cc1F)c1ncccc1CC. The van der Waals surface area contributed by atoms with Crippen molar-refractivity contribution >= 4 is 11.6 Å². The summed E-state index contributed by atoms with van der Waals surface area (Å²) < 4.78 is 14.3. The minimum Gasteiger partial charge on any atom is -0.305 e. The zero-order chi connectivity index (χ0) is 15.2. The molecule has 1 aromatic carbocycles. The molecular weight excluding hydrogens is 287 g/mol. The Bertz CT molecular complexity index is 601. The van der Waals surface area contributed by atoms with Crippen LogP contribution in [0.3, 0.4) is 0 Å². The van der Waals surface area contributed by atoms with Crippen molar-refractivity contribution in [2.45, 2.75) is 32.7 Å². The van der Waals surface area contributed by atoms with Gasteiger partial charge in [0.15, 0.2) is 0 Å². The number of aryl methyl sites for hydroxylation is 1. The van der Waals surface area contributed by atoms with E-state index < -0.39 is 0 Å². The van der Waals surface area contributed by atoms with E-state index in [1.165, 1.54) is 6.07 Å². The molecule has 0 spiro atoms. The fraction of sp³-hybridized carbons (Fsp3) is 0.353. The number of pyridine rings is 1. The van der Waals surface area contributed by atoms with E-state index in [9.17, 15) is 4.39 Å². The normalized spacial score (nSPS) is 12.4. The molecule has 2 nitrogen and oxygen atoms in total. The van der Waals surface area contributed by atoms with Gasteiger partial charge in [0.1, 0.15) is 5.82 Å². The highest BCUT2D eigenvalue weighted by atomic mass is 35.5. The van der Waals surface area contributed by atoms with Crippen LogP contribution in [0, 0.1) is 5.82 Å². The van der Waals surface area contributed by atoms with Crippen LogP contribution in [0.4, 0.5) is 4.39 Å². The van der Waals surface area contributed by atoms with E-state index in [2.05, 4.69) is 24.1 Å². The first-order valence-electron chi connectivity index (χ1n) is 7.29. The average Bonchev–Trinajstić information content (AvgIpc) is 2.49. The van der Waals surface area contributed by atoms with Gasteiger partial charge in [0, 0.05) is 16.8 Å². The number of nitrogens with one attached hydrogen (secondary N) is 1. The molecule has 2 aromatic rings. The predicted molar refractivity (Wildman–Crippen MR) is 85.2 cm³/mol. The van der Waals surface area contributed by atoms with E-state index in [0.717, 1.165) is 30.6 Å². The monoisotopic (exact) mass is 306 g/mol. The molecule has 112 valence electrons. The summed E-state index contributed by atoms with van der Waals surface area (Å²) in [7, 11) is 0. The van der Waals surface area contributed by atoms with E-state index in [0.29, 0.717) is 10.6 Å². The zero-order valence-electron chi connectivity index (χ0n) is 12.4. The summed E-state index contributed by atoms with van der Waals surface area (Å²) in [5.74, 6) is -0.302. The second-order valence-electron chi connectivity index (χ2n) is 4.95. The number of hydrogen-bond donors (Lipinski definition) is 1. The largest absolute Gasteiger partial charge is 0.305 e. The molecule has 1 heterocycles. The molecule has 4 heteroatoms. The zero-order valence-corrected chi connectivity index (χ0v) is 13.1. The summed E-state index contributed by atoms with van der Waals surface area (Å²) in [5, 5.41) is 3.80. The summed E-state index contributed by atoms with van der Waals surface area (Å²) >= 11 is 5.85. The van der Waals surface area contributed by atoms with Crippen molar-refractivity contribution in [2.24, 2.45) is 0 Å². The van der Waals surface area contributed by atoms with Gasteiger partial charge in [-0.3, -0.25) is 4.98 Å². The number of hydrogen-bond acceptors (Lipinski definition) is 2. The van der Waals surface area contributed by atoms with Crippen molar-refractivity contribution in [3.8, 4) is 0 Å². The Hall–Kier alpha value is -1.45. The van der Waals surface area contributed by atoms with Gasteiger partial charge in [-0.1, -0.05) is 37.6 Å². The Morgan fingerprint density at radius 3 is 2.76 bits per heavy atom. The van der Waals surface area contributed by atoms with Crippen LogP contribution in [0.15, 0.2) is 36.5 Å². The third-order valence-electron chi connectivity index (χ3n) is 3.45. The molecule has 1 N–H and O–H groups in total. The Morgan fingerprint density at radius 1 is 1.29 bits per heavy atom. The van der Waals surface area contributed by atoms with Crippen LogP contribution in [0.25, 0.3) is 0 Å². The topological polar surface area (TPSA) is 24.9 Å². The van der Waals surface area contributed by atoms with Crippen molar-refractivity contribution in [3.05, 3.63) is 64.2 Å². The third kappa shape index (κ3) is 3.80. The first kappa shape index (κ1) is 15.9. The summed E-state index contributed by atoms with van der Waals surface area (Å²) in [6.45, 7) is 4.96. The molecule has 1 atom stereocenters. The second-order valence-corrected chi connectivity index (χ2v) is 5.39. The van der Waals surface area contributed by atoms with Gasteiger partial charge in [-0.15, -0.1) is 0 Å². The molecule has 0 saturated carbocycles. The van der Waals surface area contributed by atoms with Gasteiger partial charge in [0.2, 0.25) is 0 Å². The van der Waals surface area contributed by atoms with Gasteiger partial charge in [0.25, 0.3) is 0 Å². The predicted octanol–water partition coefficient (Wildman–Crippen LogP) is 4.53. The number of halogens is 2. The van der Waals surface area contributed by atoms with Crippen molar-refractivity contribution in [2.75, 3.05) is 6.54 Å². The highest BCUT2D eigenvalue weighted by Gasteiger charge is 2.21. The molecule has 0 aliphatic rings. The van der Waals surface area contributed by atoms with Gasteiger partial charge in [-0.2, -0.15) is 0 Å². The van der Waals surface area contributed by atoms with E-state index >= 15 is 0 Å².